The number of rotatable bonds is 6. The van der Waals surface area contributed by atoms with E-state index in [1.54, 1.807) is 11.4 Å². The van der Waals surface area contributed by atoms with E-state index in [2.05, 4.69) is 4.98 Å². The number of hydrogen-bond donors (Lipinski definition) is 1. The van der Waals surface area contributed by atoms with Crippen LogP contribution in [0.5, 0.6) is 0 Å². The first-order chi connectivity index (χ1) is 11.0. The fourth-order valence-corrected chi connectivity index (χ4v) is 3.33. The Morgan fingerprint density at radius 3 is 2.91 bits per heavy atom. The Hall–Kier alpha value is -2.22. The van der Waals surface area contributed by atoms with Gasteiger partial charge in [0, 0.05) is 19.0 Å². The Kier molecular flexibility index (Phi) is 4.16. The SMILES string of the molecule is CC(C(=O)O)N(C(=O)CCn1cnc2sccc2c1=O)C1CC1. The molecule has 0 spiro atoms. The normalized spacial score (nSPS) is 15.5. The van der Waals surface area contributed by atoms with Crippen LogP contribution in [-0.4, -0.2) is 43.5 Å². The first-order valence-corrected chi connectivity index (χ1v) is 8.33. The Morgan fingerprint density at radius 1 is 1.52 bits per heavy atom. The summed E-state index contributed by atoms with van der Waals surface area (Å²) in [5.74, 6) is -1.25. The lowest BCUT2D eigenvalue weighted by molar-refractivity contribution is -0.150. The van der Waals surface area contributed by atoms with Crippen molar-refractivity contribution in [2.45, 2.75) is 44.8 Å². The lowest BCUT2D eigenvalue weighted by atomic mass is 10.2. The zero-order valence-electron chi connectivity index (χ0n) is 12.6. The van der Waals surface area contributed by atoms with E-state index < -0.39 is 12.0 Å². The highest BCUT2D eigenvalue weighted by Crippen LogP contribution is 2.29. The highest BCUT2D eigenvalue weighted by Gasteiger charge is 2.37. The number of aryl methyl sites for hydroxylation is 1. The molecule has 0 aromatic carbocycles. The zero-order chi connectivity index (χ0) is 16.6. The summed E-state index contributed by atoms with van der Waals surface area (Å²) in [6.45, 7) is 1.72. The van der Waals surface area contributed by atoms with Crippen LogP contribution in [0.2, 0.25) is 0 Å². The molecule has 2 aromatic rings. The molecular formula is C15H17N3O4S. The molecule has 0 saturated heterocycles. The van der Waals surface area contributed by atoms with Crippen LogP contribution in [0, 0.1) is 0 Å². The van der Waals surface area contributed by atoms with Crippen LogP contribution in [-0.2, 0) is 16.1 Å². The molecular weight excluding hydrogens is 318 g/mol. The van der Waals surface area contributed by atoms with E-state index in [4.69, 9.17) is 5.11 Å². The van der Waals surface area contributed by atoms with Gasteiger partial charge in [0.05, 0.1) is 11.7 Å². The van der Waals surface area contributed by atoms with Gasteiger partial charge in [-0.15, -0.1) is 11.3 Å². The predicted octanol–water partition coefficient (Wildman–Crippen LogP) is 1.31. The highest BCUT2D eigenvalue weighted by atomic mass is 32.1. The zero-order valence-corrected chi connectivity index (χ0v) is 13.5. The summed E-state index contributed by atoms with van der Waals surface area (Å²) in [5.41, 5.74) is -0.173. The van der Waals surface area contributed by atoms with Crippen molar-refractivity contribution < 1.29 is 14.7 Å². The van der Waals surface area contributed by atoms with Crippen molar-refractivity contribution >= 4 is 33.4 Å². The monoisotopic (exact) mass is 335 g/mol. The average Bonchev–Trinajstić information content (AvgIpc) is 3.22. The lowest BCUT2D eigenvalue weighted by Crippen LogP contribution is -2.45. The van der Waals surface area contributed by atoms with E-state index in [1.165, 1.54) is 34.1 Å². The minimum atomic E-state index is -1.01. The Labute approximate surface area is 136 Å². The average molecular weight is 335 g/mol. The summed E-state index contributed by atoms with van der Waals surface area (Å²) in [7, 11) is 0. The molecule has 1 aliphatic carbocycles. The van der Waals surface area contributed by atoms with Crippen LogP contribution < -0.4 is 5.56 Å². The predicted molar refractivity (Wildman–Crippen MR) is 85.5 cm³/mol. The van der Waals surface area contributed by atoms with E-state index in [0.717, 1.165) is 12.8 Å². The van der Waals surface area contributed by atoms with Gasteiger partial charge in [-0.25, -0.2) is 9.78 Å². The number of fused-ring (bicyclic) bond motifs is 1. The maximum atomic E-state index is 12.4. The molecule has 0 radical (unpaired) electrons. The number of carboxylic acid groups (broad SMARTS) is 1. The van der Waals surface area contributed by atoms with Crippen molar-refractivity contribution in [1.29, 1.82) is 0 Å². The molecule has 8 heteroatoms. The number of aromatic nitrogens is 2. The first kappa shape index (κ1) is 15.7. The van der Waals surface area contributed by atoms with Crippen molar-refractivity contribution in [1.82, 2.24) is 14.5 Å². The molecule has 1 saturated carbocycles. The molecule has 1 N–H and O–H groups in total. The summed E-state index contributed by atoms with van der Waals surface area (Å²) < 4.78 is 1.41. The number of thiophene rings is 1. The largest absolute Gasteiger partial charge is 0.480 e. The minimum Gasteiger partial charge on any atom is -0.480 e. The quantitative estimate of drug-likeness (QED) is 0.859. The maximum absolute atomic E-state index is 12.4. The number of hydrogen-bond acceptors (Lipinski definition) is 5. The van der Waals surface area contributed by atoms with Gasteiger partial charge < -0.3 is 10.0 Å². The molecule has 1 aliphatic rings. The summed E-state index contributed by atoms with van der Waals surface area (Å²) in [6, 6.07) is 0.892. The Balaban J connectivity index is 1.73. The van der Waals surface area contributed by atoms with Crippen molar-refractivity contribution in [3.8, 4) is 0 Å². The van der Waals surface area contributed by atoms with E-state index in [1.807, 2.05) is 0 Å². The van der Waals surface area contributed by atoms with Gasteiger partial charge in [0.2, 0.25) is 5.91 Å². The number of nitrogens with zero attached hydrogens (tertiary/aromatic N) is 3. The van der Waals surface area contributed by atoms with Crippen molar-refractivity contribution in [3.63, 3.8) is 0 Å². The first-order valence-electron chi connectivity index (χ1n) is 7.45. The molecule has 3 rings (SSSR count). The van der Waals surface area contributed by atoms with Gasteiger partial charge in [-0.1, -0.05) is 0 Å². The molecule has 23 heavy (non-hydrogen) atoms. The Bertz CT molecular complexity index is 808. The van der Waals surface area contributed by atoms with Gasteiger partial charge in [0.25, 0.3) is 5.56 Å². The third-order valence-corrected chi connectivity index (χ3v) is 4.84. The minimum absolute atomic E-state index is 0.0165. The number of aliphatic carboxylic acids is 1. The van der Waals surface area contributed by atoms with Gasteiger partial charge in [-0.3, -0.25) is 14.2 Å². The second kappa shape index (κ2) is 6.11. The summed E-state index contributed by atoms with van der Waals surface area (Å²) >= 11 is 1.39. The van der Waals surface area contributed by atoms with Crippen molar-refractivity contribution in [2.75, 3.05) is 0 Å². The topological polar surface area (TPSA) is 92.5 Å². The number of amides is 1. The fraction of sp³-hybridized carbons (Fsp3) is 0.467. The third-order valence-electron chi connectivity index (χ3n) is 4.02. The Morgan fingerprint density at radius 2 is 2.26 bits per heavy atom. The third kappa shape index (κ3) is 3.12. The second-order valence-electron chi connectivity index (χ2n) is 5.68. The molecule has 2 heterocycles. The van der Waals surface area contributed by atoms with Crippen molar-refractivity contribution in [3.05, 3.63) is 28.1 Å². The van der Waals surface area contributed by atoms with Crippen LogP contribution in [0.15, 0.2) is 22.6 Å². The van der Waals surface area contributed by atoms with Gasteiger partial charge in [-0.2, -0.15) is 0 Å². The van der Waals surface area contributed by atoms with Gasteiger partial charge in [0.1, 0.15) is 10.9 Å². The van der Waals surface area contributed by atoms with Gasteiger partial charge in [0.15, 0.2) is 0 Å². The number of carbonyl (C=O) groups is 2. The number of carbonyl (C=O) groups excluding carboxylic acids is 1. The lowest BCUT2D eigenvalue weighted by Gasteiger charge is -2.26. The van der Waals surface area contributed by atoms with Gasteiger partial charge in [-0.05, 0) is 31.2 Å². The molecule has 122 valence electrons. The highest BCUT2D eigenvalue weighted by molar-refractivity contribution is 7.16. The fourth-order valence-electron chi connectivity index (χ4n) is 2.61. The molecule has 2 aromatic heterocycles. The van der Waals surface area contributed by atoms with Crippen LogP contribution in [0.1, 0.15) is 26.2 Å². The molecule has 0 aliphatic heterocycles. The standard InChI is InChI=1S/C15H17N3O4S/c1-9(15(21)22)18(10-2-3-10)12(19)4-6-17-8-16-13-11(14(17)20)5-7-23-13/h5,7-10H,2-4,6H2,1H3,(H,21,22). The molecule has 1 fully saturated rings. The molecule has 1 amide bonds. The van der Waals surface area contributed by atoms with Crippen LogP contribution >= 0.6 is 11.3 Å². The van der Waals surface area contributed by atoms with Crippen LogP contribution in [0.4, 0.5) is 0 Å². The summed E-state index contributed by atoms with van der Waals surface area (Å²) in [6.07, 6.45) is 3.21. The van der Waals surface area contributed by atoms with Crippen molar-refractivity contribution in [2.24, 2.45) is 0 Å². The molecule has 0 bridgehead atoms. The van der Waals surface area contributed by atoms with E-state index in [0.29, 0.717) is 10.2 Å². The van der Waals surface area contributed by atoms with Crippen LogP contribution in [0.25, 0.3) is 10.2 Å². The second-order valence-corrected chi connectivity index (χ2v) is 6.57. The molecule has 1 atom stereocenters. The molecule has 1 unspecified atom stereocenters. The summed E-state index contributed by atoms with van der Waals surface area (Å²) in [5, 5.41) is 11.5. The van der Waals surface area contributed by atoms with E-state index in [-0.39, 0.29) is 30.5 Å². The van der Waals surface area contributed by atoms with E-state index >= 15 is 0 Å². The van der Waals surface area contributed by atoms with E-state index in [9.17, 15) is 14.4 Å². The van der Waals surface area contributed by atoms with Gasteiger partial charge >= 0.3 is 5.97 Å². The number of carboxylic acids is 1. The van der Waals surface area contributed by atoms with Crippen LogP contribution in [0.3, 0.4) is 0 Å². The summed E-state index contributed by atoms with van der Waals surface area (Å²) in [4.78, 5) is 42.1. The molecule has 7 nitrogen and oxygen atoms in total. The maximum Gasteiger partial charge on any atom is 0.326 e. The smallest absolute Gasteiger partial charge is 0.326 e.